The molecule has 0 saturated carbocycles. The van der Waals surface area contributed by atoms with Crippen LogP contribution in [0.2, 0.25) is 0 Å². The lowest BCUT2D eigenvalue weighted by Gasteiger charge is -2.26. The maximum Gasteiger partial charge on any atom is 0.252 e. The van der Waals surface area contributed by atoms with Gasteiger partial charge in [-0.25, -0.2) is 4.98 Å². The number of carbonyl (C=O) groups excluding carboxylic acids is 1. The Kier molecular flexibility index (Phi) is 3.28. The minimum atomic E-state index is -0.203. The Morgan fingerprint density at radius 2 is 2.00 bits per heavy atom. The number of Topliss-reactive ketones (excluding diaryl/α,β-unsaturated/α-hetero) is 1. The Balaban J connectivity index is 1.95. The average Bonchev–Trinajstić information content (AvgIpc) is 2.48. The summed E-state index contributed by atoms with van der Waals surface area (Å²) in [4.78, 5) is 36.2. The molecule has 6 heteroatoms. The number of hydrogen-bond donors (Lipinski definition) is 1. The van der Waals surface area contributed by atoms with Gasteiger partial charge in [-0.3, -0.25) is 19.6 Å². The molecule has 0 spiro atoms. The summed E-state index contributed by atoms with van der Waals surface area (Å²) in [5.74, 6) is 0.774. The average molecular weight is 270 g/mol. The number of anilines is 1. The van der Waals surface area contributed by atoms with E-state index >= 15 is 0 Å². The summed E-state index contributed by atoms with van der Waals surface area (Å²) in [5, 5.41) is 0. The molecule has 0 bridgehead atoms. The van der Waals surface area contributed by atoms with Crippen molar-refractivity contribution in [2.45, 2.75) is 12.8 Å². The van der Waals surface area contributed by atoms with Crippen LogP contribution in [0.25, 0.3) is 11.3 Å². The molecule has 0 amide bonds. The zero-order valence-corrected chi connectivity index (χ0v) is 10.9. The van der Waals surface area contributed by atoms with Crippen LogP contribution >= 0.6 is 0 Å². The molecule has 0 atom stereocenters. The largest absolute Gasteiger partial charge is 0.341 e. The third-order valence-corrected chi connectivity index (χ3v) is 3.31. The van der Waals surface area contributed by atoms with E-state index in [1.165, 1.54) is 6.07 Å². The highest BCUT2D eigenvalue weighted by atomic mass is 16.1. The molecule has 20 heavy (non-hydrogen) atoms. The molecule has 1 N–H and O–H groups in total. The summed E-state index contributed by atoms with van der Waals surface area (Å²) in [5.41, 5.74) is 1.19. The first-order valence-electron chi connectivity index (χ1n) is 6.51. The molecular weight excluding hydrogens is 256 g/mol. The van der Waals surface area contributed by atoms with E-state index in [0.29, 0.717) is 37.6 Å². The smallest absolute Gasteiger partial charge is 0.252 e. The Morgan fingerprint density at radius 1 is 1.20 bits per heavy atom. The highest BCUT2D eigenvalue weighted by Gasteiger charge is 2.18. The molecule has 1 aliphatic heterocycles. The second kappa shape index (κ2) is 5.24. The van der Waals surface area contributed by atoms with E-state index in [1.807, 2.05) is 11.0 Å². The summed E-state index contributed by atoms with van der Waals surface area (Å²) in [6, 6.07) is 5.12. The number of ketones is 1. The monoisotopic (exact) mass is 270 g/mol. The third kappa shape index (κ3) is 2.59. The van der Waals surface area contributed by atoms with Crippen LogP contribution in [0.4, 0.5) is 5.95 Å². The molecule has 102 valence electrons. The van der Waals surface area contributed by atoms with Crippen molar-refractivity contribution in [3.05, 3.63) is 40.9 Å². The van der Waals surface area contributed by atoms with Crippen molar-refractivity contribution in [1.29, 1.82) is 0 Å². The number of rotatable bonds is 2. The van der Waals surface area contributed by atoms with Gasteiger partial charge in [-0.1, -0.05) is 0 Å². The van der Waals surface area contributed by atoms with Crippen molar-refractivity contribution >= 4 is 11.7 Å². The minimum absolute atomic E-state index is 0.203. The standard InChI is InChI=1S/C14H14N4O2/c19-11-3-6-18(7-4-11)14-16-12(8-13(20)17-14)10-2-1-5-15-9-10/h1-2,5,8-9H,3-4,6-7H2,(H,16,17,20). The third-order valence-electron chi connectivity index (χ3n) is 3.31. The fraction of sp³-hybridized carbons (Fsp3) is 0.286. The van der Waals surface area contributed by atoms with E-state index in [4.69, 9.17) is 0 Å². The van der Waals surface area contributed by atoms with Crippen LogP contribution in [0, 0.1) is 0 Å². The SMILES string of the molecule is O=C1CCN(c2nc(-c3cccnc3)cc(=O)[nH]2)CC1. The lowest BCUT2D eigenvalue weighted by atomic mass is 10.1. The lowest BCUT2D eigenvalue weighted by Crippen LogP contribution is -2.36. The molecule has 3 heterocycles. The van der Waals surface area contributed by atoms with E-state index in [0.717, 1.165) is 5.56 Å². The van der Waals surface area contributed by atoms with Gasteiger partial charge < -0.3 is 4.90 Å². The fourth-order valence-electron chi connectivity index (χ4n) is 2.22. The summed E-state index contributed by atoms with van der Waals surface area (Å²) < 4.78 is 0. The van der Waals surface area contributed by atoms with Crippen molar-refractivity contribution in [2.75, 3.05) is 18.0 Å². The number of aromatic nitrogens is 3. The molecule has 6 nitrogen and oxygen atoms in total. The molecule has 1 aliphatic rings. The van der Waals surface area contributed by atoms with Gasteiger partial charge in [0.15, 0.2) is 0 Å². The van der Waals surface area contributed by atoms with Crippen LogP contribution in [0.5, 0.6) is 0 Å². The molecule has 1 saturated heterocycles. The highest BCUT2D eigenvalue weighted by molar-refractivity contribution is 5.80. The van der Waals surface area contributed by atoms with Gasteiger partial charge in [0.25, 0.3) is 5.56 Å². The molecule has 1 fully saturated rings. The quantitative estimate of drug-likeness (QED) is 0.880. The predicted molar refractivity (Wildman–Crippen MR) is 74.5 cm³/mol. The van der Waals surface area contributed by atoms with Crippen molar-refractivity contribution in [1.82, 2.24) is 15.0 Å². The highest BCUT2D eigenvalue weighted by Crippen LogP contribution is 2.18. The van der Waals surface area contributed by atoms with Crippen LogP contribution in [-0.2, 0) is 4.79 Å². The Labute approximate surface area is 115 Å². The first-order valence-corrected chi connectivity index (χ1v) is 6.51. The minimum Gasteiger partial charge on any atom is -0.341 e. The number of nitrogens with one attached hydrogen (secondary N) is 1. The van der Waals surface area contributed by atoms with Crippen molar-refractivity contribution in [2.24, 2.45) is 0 Å². The number of H-pyrrole nitrogens is 1. The summed E-state index contributed by atoms with van der Waals surface area (Å²) >= 11 is 0. The normalized spacial score (nSPS) is 15.4. The molecule has 0 radical (unpaired) electrons. The molecule has 0 aliphatic carbocycles. The molecule has 0 unspecified atom stereocenters. The second-order valence-corrected chi connectivity index (χ2v) is 4.72. The van der Waals surface area contributed by atoms with Crippen molar-refractivity contribution < 1.29 is 4.79 Å². The van der Waals surface area contributed by atoms with Crippen LogP contribution in [0.3, 0.4) is 0 Å². The van der Waals surface area contributed by atoms with Crippen LogP contribution in [-0.4, -0.2) is 33.8 Å². The lowest BCUT2D eigenvalue weighted by molar-refractivity contribution is -0.119. The van der Waals surface area contributed by atoms with Gasteiger partial charge in [0.1, 0.15) is 5.78 Å². The maximum absolute atomic E-state index is 11.8. The number of nitrogens with zero attached hydrogens (tertiary/aromatic N) is 3. The van der Waals surface area contributed by atoms with Crippen LogP contribution in [0.1, 0.15) is 12.8 Å². The second-order valence-electron chi connectivity index (χ2n) is 4.72. The Bertz CT molecular complexity index is 671. The first kappa shape index (κ1) is 12.5. The predicted octanol–water partition coefficient (Wildman–Crippen LogP) is 1.00. The fourth-order valence-corrected chi connectivity index (χ4v) is 2.22. The van der Waals surface area contributed by atoms with Gasteiger partial charge in [-0.15, -0.1) is 0 Å². The van der Waals surface area contributed by atoms with E-state index in [1.54, 1.807) is 18.5 Å². The van der Waals surface area contributed by atoms with Crippen LogP contribution in [0.15, 0.2) is 35.4 Å². The number of piperidine rings is 1. The zero-order chi connectivity index (χ0) is 13.9. The van der Waals surface area contributed by atoms with Crippen molar-refractivity contribution in [3.63, 3.8) is 0 Å². The summed E-state index contributed by atoms with van der Waals surface area (Å²) in [6.45, 7) is 1.19. The zero-order valence-electron chi connectivity index (χ0n) is 10.9. The maximum atomic E-state index is 11.8. The molecule has 2 aromatic heterocycles. The van der Waals surface area contributed by atoms with Gasteiger partial charge in [0, 0.05) is 50.0 Å². The van der Waals surface area contributed by atoms with E-state index < -0.39 is 0 Å². The van der Waals surface area contributed by atoms with Gasteiger partial charge in [0.2, 0.25) is 5.95 Å². The topological polar surface area (TPSA) is 79.0 Å². The first-order chi connectivity index (χ1) is 9.72. The molecular formula is C14H14N4O2. The van der Waals surface area contributed by atoms with Gasteiger partial charge in [-0.05, 0) is 12.1 Å². The Morgan fingerprint density at radius 3 is 2.70 bits per heavy atom. The molecule has 0 aromatic carbocycles. The summed E-state index contributed by atoms with van der Waals surface area (Å²) in [6.07, 6.45) is 4.35. The molecule has 3 rings (SSSR count). The van der Waals surface area contributed by atoms with Gasteiger partial charge >= 0.3 is 0 Å². The number of carbonyl (C=O) groups is 1. The molecule has 2 aromatic rings. The van der Waals surface area contributed by atoms with Crippen LogP contribution < -0.4 is 10.5 Å². The van der Waals surface area contributed by atoms with Gasteiger partial charge in [0.05, 0.1) is 5.69 Å². The van der Waals surface area contributed by atoms with E-state index in [9.17, 15) is 9.59 Å². The number of hydrogen-bond acceptors (Lipinski definition) is 5. The van der Waals surface area contributed by atoms with Gasteiger partial charge in [-0.2, -0.15) is 0 Å². The number of pyridine rings is 1. The van der Waals surface area contributed by atoms with Crippen molar-refractivity contribution in [3.8, 4) is 11.3 Å². The summed E-state index contributed by atoms with van der Waals surface area (Å²) in [7, 11) is 0. The Hall–Kier alpha value is -2.50. The number of aromatic amines is 1. The van der Waals surface area contributed by atoms with E-state index in [2.05, 4.69) is 15.0 Å². The van der Waals surface area contributed by atoms with E-state index in [-0.39, 0.29) is 11.3 Å².